The number of pyridine rings is 1. The topological polar surface area (TPSA) is 37.4 Å². The number of rotatable bonds is 5. The summed E-state index contributed by atoms with van der Waals surface area (Å²) in [6.07, 6.45) is -3.64. The van der Waals surface area contributed by atoms with Crippen molar-refractivity contribution in [1.82, 2.24) is 9.88 Å². The van der Waals surface area contributed by atoms with E-state index in [4.69, 9.17) is 16.3 Å². The van der Waals surface area contributed by atoms with E-state index in [9.17, 15) is 13.2 Å². The van der Waals surface area contributed by atoms with Gasteiger partial charge in [-0.2, -0.15) is 13.2 Å². The minimum Gasteiger partial charge on any atom is -0.379 e. The van der Waals surface area contributed by atoms with Gasteiger partial charge in [-0.05, 0) is 12.0 Å². The van der Waals surface area contributed by atoms with Crippen molar-refractivity contribution >= 4 is 17.4 Å². The van der Waals surface area contributed by atoms with Crippen LogP contribution >= 0.6 is 11.6 Å². The van der Waals surface area contributed by atoms with E-state index in [-0.39, 0.29) is 16.9 Å². The third-order valence-electron chi connectivity index (χ3n) is 3.93. The first kappa shape index (κ1) is 18.3. The SMILES string of the molecule is CC(C)C(CNc1ncc(C(F)(F)F)cc1Cl)N1CCOCC1. The lowest BCUT2D eigenvalue weighted by molar-refractivity contribution is -0.137. The highest BCUT2D eigenvalue weighted by Crippen LogP contribution is 2.32. The van der Waals surface area contributed by atoms with Crippen molar-refractivity contribution in [2.45, 2.75) is 26.1 Å². The molecule has 1 N–H and O–H groups in total. The standard InChI is InChI=1S/C15H21ClF3N3O/c1-10(2)13(22-3-5-23-6-4-22)9-21-14-12(16)7-11(8-20-14)15(17,18)19/h7-8,10,13H,3-6,9H2,1-2H3,(H,20,21). The van der Waals surface area contributed by atoms with Crippen LogP contribution in [0.5, 0.6) is 0 Å². The van der Waals surface area contributed by atoms with E-state index in [1.54, 1.807) is 0 Å². The molecule has 130 valence electrons. The zero-order valence-corrected chi connectivity index (χ0v) is 13.9. The van der Waals surface area contributed by atoms with Crippen LogP contribution in [0.25, 0.3) is 0 Å². The van der Waals surface area contributed by atoms with E-state index in [1.165, 1.54) is 0 Å². The lowest BCUT2D eigenvalue weighted by Crippen LogP contribution is -2.49. The van der Waals surface area contributed by atoms with Gasteiger partial charge < -0.3 is 10.1 Å². The summed E-state index contributed by atoms with van der Waals surface area (Å²) in [4.78, 5) is 6.13. The average Bonchev–Trinajstić information content (AvgIpc) is 2.48. The number of nitrogens with zero attached hydrogens (tertiary/aromatic N) is 2. The van der Waals surface area contributed by atoms with Crippen molar-refractivity contribution in [3.8, 4) is 0 Å². The molecule has 1 aliphatic rings. The molecular weight excluding hydrogens is 331 g/mol. The fourth-order valence-corrected chi connectivity index (χ4v) is 2.85. The number of halogens is 4. The highest BCUT2D eigenvalue weighted by atomic mass is 35.5. The summed E-state index contributed by atoms with van der Waals surface area (Å²) in [5.74, 6) is 0.660. The molecule has 23 heavy (non-hydrogen) atoms. The maximum Gasteiger partial charge on any atom is 0.417 e. The molecule has 1 aliphatic heterocycles. The van der Waals surface area contributed by atoms with Crippen LogP contribution in [-0.2, 0) is 10.9 Å². The van der Waals surface area contributed by atoms with Gasteiger partial charge in [-0.3, -0.25) is 4.90 Å². The molecular formula is C15H21ClF3N3O. The summed E-state index contributed by atoms with van der Waals surface area (Å²) in [6.45, 7) is 7.88. The van der Waals surface area contributed by atoms with Crippen LogP contribution in [0.4, 0.5) is 19.0 Å². The van der Waals surface area contributed by atoms with Crippen molar-refractivity contribution < 1.29 is 17.9 Å². The number of aromatic nitrogens is 1. The first-order valence-corrected chi connectivity index (χ1v) is 7.95. The number of hydrogen-bond acceptors (Lipinski definition) is 4. The number of hydrogen-bond donors (Lipinski definition) is 1. The molecule has 0 aliphatic carbocycles. The first-order chi connectivity index (χ1) is 10.8. The van der Waals surface area contributed by atoms with E-state index in [0.717, 1.165) is 25.4 Å². The smallest absolute Gasteiger partial charge is 0.379 e. The summed E-state index contributed by atoms with van der Waals surface area (Å²) >= 11 is 5.93. The van der Waals surface area contributed by atoms with Crippen LogP contribution in [0.2, 0.25) is 5.02 Å². The maximum absolute atomic E-state index is 12.6. The minimum atomic E-state index is -4.44. The molecule has 2 rings (SSSR count). The van der Waals surface area contributed by atoms with Gasteiger partial charge in [-0.15, -0.1) is 0 Å². The largest absolute Gasteiger partial charge is 0.417 e. The summed E-state index contributed by atoms with van der Waals surface area (Å²) in [5.41, 5.74) is -0.846. The molecule has 0 aromatic carbocycles. The van der Waals surface area contributed by atoms with Crippen LogP contribution in [0.15, 0.2) is 12.3 Å². The Morgan fingerprint density at radius 3 is 2.52 bits per heavy atom. The molecule has 1 aromatic rings. The second kappa shape index (κ2) is 7.68. The van der Waals surface area contributed by atoms with Crippen LogP contribution in [0.1, 0.15) is 19.4 Å². The zero-order valence-electron chi connectivity index (χ0n) is 13.2. The van der Waals surface area contributed by atoms with Crippen molar-refractivity contribution in [2.75, 3.05) is 38.2 Å². The Morgan fingerprint density at radius 2 is 2.00 bits per heavy atom. The number of nitrogens with one attached hydrogen (secondary N) is 1. The van der Waals surface area contributed by atoms with Crippen LogP contribution in [0, 0.1) is 5.92 Å². The molecule has 1 saturated heterocycles. The molecule has 1 unspecified atom stereocenters. The lowest BCUT2D eigenvalue weighted by Gasteiger charge is -2.37. The van der Waals surface area contributed by atoms with Gasteiger partial charge in [0.15, 0.2) is 0 Å². The van der Waals surface area contributed by atoms with Gasteiger partial charge in [0.2, 0.25) is 0 Å². The maximum atomic E-state index is 12.6. The highest BCUT2D eigenvalue weighted by Gasteiger charge is 2.31. The Labute approximate surface area is 139 Å². The molecule has 0 saturated carbocycles. The molecule has 4 nitrogen and oxygen atoms in total. The molecule has 0 amide bonds. The Bertz CT molecular complexity index is 519. The monoisotopic (exact) mass is 351 g/mol. The van der Waals surface area contributed by atoms with Gasteiger partial charge in [0.1, 0.15) is 5.82 Å². The average molecular weight is 352 g/mol. The Kier molecular flexibility index (Phi) is 6.11. The fourth-order valence-electron chi connectivity index (χ4n) is 2.62. The number of alkyl halides is 3. The van der Waals surface area contributed by atoms with Crippen molar-refractivity contribution in [2.24, 2.45) is 5.92 Å². The summed E-state index contributed by atoms with van der Waals surface area (Å²) in [7, 11) is 0. The van der Waals surface area contributed by atoms with Crippen molar-refractivity contribution in [3.05, 3.63) is 22.8 Å². The molecule has 2 heterocycles. The van der Waals surface area contributed by atoms with E-state index in [1.807, 2.05) is 0 Å². The number of anilines is 1. The molecule has 1 atom stereocenters. The van der Waals surface area contributed by atoms with Gasteiger partial charge in [0, 0.05) is 31.9 Å². The summed E-state index contributed by atoms with van der Waals surface area (Å²) in [5, 5.41) is 3.05. The van der Waals surface area contributed by atoms with Gasteiger partial charge in [-0.1, -0.05) is 25.4 Å². The number of morpholine rings is 1. The van der Waals surface area contributed by atoms with Crippen molar-refractivity contribution in [3.63, 3.8) is 0 Å². The molecule has 0 radical (unpaired) electrons. The minimum absolute atomic E-state index is 0.0238. The molecule has 0 bridgehead atoms. The lowest BCUT2D eigenvalue weighted by atomic mass is 10.0. The highest BCUT2D eigenvalue weighted by molar-refractivity contribution is 6.32. The zero-order chi connectivity index (χ0) is 17.0. The second-order valence-corrected chi connectivity index (χ2v) is 6.30. The van der Waals surface area contributed by atoms with Gasteiger partial charge in [-0.25, -0.2) is 4.98 Å². The van der Waals surface area contributed by atoms with Gasteiger partial charge in [0.25, 0.3) is 0 Å². The van der Waals surface area contributed by atoms with Gasteiger partial charge in [0.05, 0.1) is 23.8 Å². The molecule has 0 spiro atoms. The normalized spacial score (nSPS) is 18.2. The van der Waals surface area contributed by atoms with Gasteiger partial charge >= 0.3 is 6.18 Å². The summed E-state index contributed by atoms with van der Waals surface area (Å²) < 4.78 is 43.2. The van der Waals surface area contributed by atoms with Crippen LogP contribution in [0.3, 0.4) is 0 Å². The fraction of sp³-hybridized carbons (Fsp3) is 0.667. The predicted octanol–water partition coefficient (Wildman–Crippen LogP) is 3.52. The van der Waals surface area contributed by atoms with Crippen molar-refractivity contribution in [1.29, 1.82) is 0 Å². The molecule has 1 fully saturated rings. The Morgan fingerprint density at radius 1 is 1.35 bits per heavy atom. The Hall–Kier alpha value is -1.05. The molecule has 1 aromatic heterocycles. The van der Waals surface area contributed by atoms with E-state index in [2.05, 4.69) is 29.0 Å². The third-order valence-corrected chi connectivity index (χ3v) is 4.22. The quantitative estimate of drug-likeness (QED) is 0.880. The van der Waals surface area contributed by atoms with E-state index in [0.29, 0.717) is 25.7 Å². The Balaban J connectivity index is 2.03. The first-order valence-electron chi connectivity index (χ1n) is 7.57. The van der Waals surface area contributed by atoms with Crippen LogP contribution in [-0.4, -0.2) is 48.8 Å². The molecule has 8 heteroatoms. The van der Waals surface area contributed by atoms with Crippen LogP contribution < -0.4 is 5.32 Å². The van der Waals surface area contributed by atoms with E-state index < -0.39 is 11.7 Å². The second-order valence-electron chi connectivity index (χ2n) is 5.89. The number of ether oxygens (including phenoxy) is 1. The summed E-state index contributed by atoms with van der Waals surface area (Å²) in [6, 6.07) is 1.13. The third kappa shape index (κ3) is 4.96. The van der Waals surface area contributed by atoms with E-state index >= 15 is 0 Å². The predicted molar refractivity (Wildman–Crippen MR) is 83.8 cm³/mol.